The molecule has 0 radical (unpaired) electrons. The summed E-state index contributed by atoms with van der Waals surface area (Å²) in [6.45, 7) is 7.59. The van der Waals surface area contributed by atoms with Crippen LogP contribution in [-0.2, 0) is 4.74 Å². The smallest absolute Gasteiger partial charge is 0.0988 e. The van der Waals surface area contributed by atoms with Gasteiger partial charge in [0.1, 0.15) is 0 Å². The van der Waals surface area contributed by atoms with Crippen molar-refractivity contribution >= 4 is 21.6 Å². The van der Waals surface area contributed by atoms with Gasteiger partial charge in [-0.3, -0.25) is 0 Å². The number of rotatable bonds is 3. The van der Waals surface area contributed by atoms with Crippen LogP contribution in [0.25, 0.3) is 0 Å². The molecule has 2 atom stereocenters. The lowest BCUT2D eigenvalue weighted by Crippen LogP contribution is -2.54. The topological polar surface area (TPSA) is 58.7 Å². The van der Waals surface area contributed by atoms with E-state index in [9.17, 15) is 5.11 Å². The highest BCUT2D eigenvalue weighted by Gasteiger charge is 2.33. The molecule has 1 aliphatic rings. The van der Waals surface area contributed by atoms with Crippen molar-refractivity contribution in [1.82, 2.24) is 0 Å². The zero-order valence-electron chi connectivity index (χ0n) is 12.3. The number of nitrogens with zero attached hydrogens (tertiary/aromatic N) is 1. The fourth-order valence-electron chi connectivity index (χ4n) is 2.64. The van der Waals surface area contributed by atoms with Crippen LogP contribution < -0.4 is 10.6 Å². The Hall–Kier alpha value is -0.620. The van der Waals surface area contributed by atoms with Gasteiger partial charge in [-0.05, 0) is 54.4 Å². The average molecular weight is 343 g/mol. The maximum absolute atomic E-state index is 9.39. The van der Waals surface area contributed by atoms with Crippen molar-refractivity contribution in [2.24, 2.45) is 5.73 Å². The lowest BCUT2D eigenvalue weighted by molar-refractivity contribution is -0.101. The quantitative estimate of drug-likeness (QED) is 0.885. The zero-order chi connectivity index (χ0) is 14.9. The fraction of sp³-hybridized carbons (Fsp3) is 0.600. The van der Waals surface area contributed by atoms with Crippen LogP contribution in [0.4, 0.5) is 5.69 Å². The Morgan fingerprint density at radius 2 is 2.25 bits per heavy atom. The van der Waals surface area contributed by atoms with Gasteiger partial charge in [-0.25, -0.2) is 0 Å². The molecule has 2 rings (SSSR count). The van der Waals surface area contributed by atoms with Gasteiger partial charge in [0.2, 0.25) is 0 Å². The molecule has 0 saturated carbocycles. The normalized spacial score (nSPS) is 23.7. The Morgan fingerprint density at radius 3 is 2.80 bits per heavy atom. The molecule has 1 saturated heterocycles. The molecule has 1 aromatic rings. The van der Waals surface area contributed by atoms with E-state index in [2.05, 4.69) is 39.0 Å². The van der Waals surface area contributed by atoms with Crippen LogP contribution in [0.1, 0.15) is 32.4 Å². The molecule has 3 N–H and O–H groups in total. The molecule has 5 heteroatoms. The summed E-state index contributed by atoms with van der Waals surface area (Å²) in [4.78, 5) is 2.25. The summed E-state index contributed by atoms with van der Waals surface area (Å²) in [7, 11) is 0. The Morgan fingerprint density at radius 1 is 1.55 bits per heavy atom. The van der Waals surface area contributed by atoms with Crippen molar-refractivity contribution < 1.29 is 9.84 Å². The lowest BCUT2D eigenvalue weighted by Gasteiger charge is -2.43. The van der Waals surface area contributed by atoms with E-state index >= 15 is 0 Å². The van der Waals surface area contributed by atoms with E-state index in [4.69, 9.17) is 10.5 Å². The molecular weight excluding hydrogens is 320 g/mol. The molecule has 4 nitrogen and oxygen atoms in total. The highest BCUT2D eigenvalue weighted by atomic mass is 79.9. The molecule has 0 spiro atoms. The first kappa shape index (κ1) is 15.8. The monoisotopic (exact) mass is 342 g/mol. The second-order valence-corrected chi connectivity index (χ2v) is 6.92. The van der Waals surface area contributed by atoms with E-state index in [0.29, 0.717) is 6.54 Å². The maximum atomic E-state index is 9.39. The number of hydrogen-bond donors (Lipinski definition) is 2. The van der Waals surface area contributed by atoms with Crippen LogP contribution in [0.15, 0.2) is 22.7 Å². The summed E-state index contributed by atoms with van der Waals surface area (Å²) in [5.41, 5.74) is 7.86. The maximum Gasteiger partial charge on any atom is 0.0988 e. The van der Waals surface area contributed by atoms with Crippen molar-refractivity contribution in [2.45, 2.75) is 38.5 Å². The van der Waals surface area contributed by atoms with Crippen molar-refractivity contribution in [1.29, 1.82) is 0 Å². The van der Waals surface area contributed by atoms with Gasteiger partial charge in [-0.15, -0.1) is 0 Å². The van der Waals surface area contributed by atoms with Crippen LogP contribution in [-0.4, -0.2) is 36.5 Å². The third-order valence-electron chi connectivity index (χ3n) is 3.52. The van der Waals surface area contributed by atoms with Crippen LogP contribution in [0.2, 0.25) is 0 Å². The molecule has 0 aromatic heterocycles. The summed E-state index contributed by atoms with van der Waals surface area (Å²) in [5.74, 6) is 0. The minimum atomic E-state index is -0.273. The van der Waals surface area contributed by atoms with Crippen LogP contribution in [0, 0.1) is 0 Å². The van der Waals surface area contributed by atoms with Gasteiger partial charge in [0, 0.05) is 23.6 Å². The van der Waals surface area contributed by atoms with Gasteiger partial charge in [0.25, 0.3) is 0 Å². The summed E-state index contributed by atoms with van der Waals surface area (Å²) in [6, 6.07) is 6.22. The first-order valence-corrected chi connectivity index (χ1v) is 7.70. The number of aliphatic hydroxyl groups is 1. The Kier molecular flexibility index (Phi) is 4.74. The third kappa shape index (κ3) is 3.52. The molecule has 1 aliphatic heterocycles. The summed E-state index contributed by atoms with van der Waals surface area (Å²) in [5, 5.41) is 9.39. The van der Waals surface area contributed by atoms with Crippen LogP contribution in [0.5, 0.6) is 0 Å². The number of ether oxygens (including phenoxy) is 1. The number of hydrogen-bond acceptors (Lipinski definition) is 4. The Labute approximate surface area is 129 Å². The molecule has 1 aromatic carbocycles. The number of benzene rings is 1. The molecule has 112 valence electrons. The molecule has 0 bridgehead atoms. The van der Waals surface area contributed by atoms with E-state index in [1.165, 1.54) is 0 Å². The van der Waals surface area contributed by atoms with Crippen molar-refractivity contribution in [2.75, 3.05) is 24.6 Å². The van der Waals surface area contributed by atoms with Gasteiger partial charge in [-0.1, -0.05) is 6.07 Å². The van der Waals surface area contributed by atoms with E-state index in [-0.39, 0.29) is 24.4 Å². The SMILES string of the molecule is C[C@@H](N)c1ccc(N2CC(CO)OC(C)(C)C2)c(Br)c1. The number of anilines is 1. The second kappa shape index (κ2) is 6.02. The first-order valence-electron chi connectivity index (χ1n) is 6.91. The molecule has 1 fully saturated rings. The molecule has 1 unspecified atom stereocenters. The molecule has 0 aliphatic carbocycles. The summed E-state index contributed by atoms with van der Waals surface area (Å²) >= 11 is 3.63. The van der Waals surface area contributed by atoms with E-state index < -0.39 is 0 Å². The zero-order valence-corrected chi connectivity index (χ0v) is 13.9. The highest BCUT2D eigenvalue weighted by molar-refractivity contribution is 9.10. The Balaban J connectivity index is 2.26. The largest absolute Gasteiger partial charge is 0.394 e. The van der Waals surface area contributed by atoms with Crippen molar-refractivity contribution in [3.8, 4) is 0 Å². The van der Waals surface area contributed by atoms with Crippen LogP contribution >= 0.6 is 15.9 Å². The van der Waals surface area contributed by atoms with Gasteiger partial charge in [0.05, 0.1) is 24.0 Å². The Bertz CT molecular complexity index is 477. The van der Waals surface area contributed by atoms with E-state index in [1.807, 2.05) is 20.8 Å². The number of halogens is 1. The number of nitrogens with two attached hydrogens (primary N) is 1. The number of morpholine rings is 1. The molecule has 0 amide bonds. The fourth-order valence-corrected chi connectivity index (χ4v) is 3.28. The van der Waals surface area contributed by atoms with Gasteiger partial charge in [0.15, 0.2) is 0 Å². The minimum absolute atomic E-state index is 0.0201. The number of aliphatic hydroxyl groups excluding tert-OH is 1. The predicted octanol–water partition coefficient (Wildman–Crippen LogP) is 2.44. The van der Waals surface area contributed by atoms with Crippen LogP contribution in [0.3, 0.4) is 0 Å². The highest BCUT2D eigenvalue weighted by Crippen LogP contribution is 2.33. The van der Waals surface area contributed by atoms with Crippen molar-refractivity contribution in [3.63, 3.8) is 0 Å². The van der Waals surface area contributed by atoms with E-state index in [1.54, 1.807) is 0 Å². The van der Waals surface area contributed by atoms with Gasteiger partial charge >= 0.3 is 0 Å². The summed E-state index contributed by atoms with van der Waals surface area (Å²) in [6.07, 6.45) is -0.154. The predicted molar refractivity (Wildman–Crippen MR) is 85.0 cm³/mol. The lowest BCUT2D eigenvalue weighted by atomic mass is 10.0. The van der Waals surface area contributed by atoms with Gasteiger partial charge < -0.3 is 20.5 Å². The molecule has 20 heavy (non-hydrogen) atoms. The van der Waals surface area contributed by atoms with E-state index in [0.717, 1.165) is 22.3 Å². The molecular formula is C15H23BrN2O2. The summed E-state index contributed by atoms with van der Waals surface area (Å²) < 4.78 is 6.88. The minimum Gasteiger partial charge on any atom is -0.394 e. The first-order chi connectivity index (χ1) is 9.32. The average Bonchev–Trinajstić information content (AvgIpc) is 2.36. The van der Waals surface area contributed by atoms with Gasteiger partial charge in [-0.2, -0.15) is 0 Å². The third-order valence-corrected chi connectivity index (χ3v) is 4.16. The molecule has 1 heterocycles. The standard InChI is InChI=1S/C15H23BrN2O2/c1-10(17)11-4-5-14(13(16)6-11)18-7-12(8-19)20-15(2,3)9-18/h4-6,10,12,19H,7-9,17H2,1-3H3/t10-,12?/m1/s1. The van der Waals surface area contributed by atoms with Crippen molar-refractivity contribution in [3.05, 3.63) is 28.2 Å². The second-order valence-electron chi connectivity index (χ2n) is 6.06.